The van der Waals surface area contributed by atoms with E-state index >= 15 is 0 Å². The molecular weight excluding hydrogens is 203 g/mol. The molecule has 14 heavy (non-hydrogen) atoms. The standard InChI is InChI=1S/C9H11O4P/c1-11-14(10)12-7-9(13-14)8-5-3-2-4-6-8/h2-6,9H,7H2,1H3. The molecule has 2 unspecified atom stereocenters. The molecule has 0 N–H and O–H groups in total. The van der Waals surface area contributed by atoms with Crippen LogP contribution in [-0.4, -0.2) is 13.7 Å². The Morgan fingerprint density at radius 2 is 2.14 bits per heavy atom. The second kappa shape index (κ2) is 3.83. The van der Waals surface area contributed by atoms with Gasteiger partial charge in [0.15, 0.2) is 0 Å². The lowest BCUT2D eigenvalue weighted by atomic mass is 10.1. The zero-order valence-electron chi connectivity index (χ0n) is 7.75. The van der Waals surface area contributed by atoms with Crippen molar-refractivity contribution in [2.24, 2.45) is 0 Å². The molecule has 0 aromatic heterocycles. The van der Waals surface area contributed by atoms with Crippen LogP contribution in [0.3, 0.4) is 0 Å². The van der Waals surface area contributed by atoms with Crippen LogP contribution >= 0.6 is 7.82 Å². The molecule has 0 amide bonds. The molecule has 0 aliphatic carbocycles. The van der Waals surface area contributed by atoms with Gasteiger partial charge in [0.2, 0.25) is 0 Å². The summed E-state index contributed by atoms with van der Waals surface area (Å²) >= 11 is 0. The van der Waals surface area contributed by atoms with E-state index in [1.54, 1.807) is 0 Å². The second-order valence-electron chi connectivity index (χ2n) is 2.93. The van der Waals surface area contributed by atoms with Crippen LogP contribution in [0.4, 0.5) is 0 Å². The molecule has 1 aliphatic heterocycles. The highest BCUT2D eigenvalue weighted by Crippen LogP contribution is 2.57. The molecule has 76 valence electrons. The molecule has 1 aliphatic rings. The monoisotopic (exact) mass is 214 g/mol. The van der Waals surface area contributed by atoms with E-state index in [0.717, 1.165) is 5.56 Å². The molecule has 4 nitrogen and oxygen atoms in total. The van der Waals surface area contributed by atoms with Gasteiger partial charge in [-0.15, -0.1) is 0 Å². The van der Waals surface area contributed by atoms with Gasteiger partial charge in [0, 0.05) is 7.11 Å². The van der Waals surface area contributed by atoms with Crippen LogP contribution in [-0.2, 0) is 18.1 Å². The van der Waals surface area contributed by atoms with Gasteiger partial charge in [-0.25, -0.2) is 4.57 Å². The summed E-state index contributed by atoms with van der Waals surface area (Å²) in [6, 6.07) is 9.51. The Hall–Kier alpha value is -0.670. The van der Waals surface area contributed by atoms with E-state index < -0.39 is 7.82 Å². The van der Waals surface area contributed by atoms with Crippen molar-refractivity contribution in [3.63, 3.8) is 0 Å². The fourth-order valence-corrected chi connectivity index (χ4v) is 2.36. The summed E-state index contributed by atoms with van der Waals surface area (Å²) in [5.41, 5.74) is 0.947. The maximum atomic E-state index is 11.5. The van der Waals surface area contributed by atoms with Crippen LogP contribution in [0.2, 0.25) is 0 Å². The molecule has 1 aromatic carbocycles. The average Bonchev–Trinajstić information content (AvgIpc) is 2.63. The van der Waals surface area contributed by atoms with Crippen molar-refractivity contribution >= 4 is 7.82 Å². The van der Waals surface area contributed by atoms with Gasteiger partial charge < -0.3 is 0 Å². The van der Waals surface area contributed by atoms with Gasteiger partial charge in [0.05, 0.1) is 6.61 Å². The predicted octanol–water partition coefficient (Wildman–Crippen LogP) is 2.53. The molecule has 2 rings (SSSR count). The molecule has 0 spiro atoms. The Morgan fingerprint density at radius 1 is 1.43 bits per heavy atom. The van der Waals surface area contributed by atoms with Crippen molar-refractivity contribution in [1.82, 2.24) is 0 Å². The van der Waals surface area contributed by atoms with Crippen molar-refractivity contribution in [3.05, 3.63) is 35.9 Å². The van der Waals surface area contributed by atoms with Gasteiger partial charge >= 0.3 is 7.82 Å². The lowest BCUT2D eigenvalue weighted by Crippen LogP contribution is -1.98. The second-order valence-corrected chi connectivity index (χ2v) is 4.66. The van der Waals surface area contributed by atoms with Crippen LogP contribution in [0.5, 0.6) is 0 Å². The fourth-order valence-electron chi connectivity index (χ4n) is 1.30. The van der Waals surface area contributed by atoms with Crippen LogP contribution in [0.1, 0.15) is 11.7 Å². The van der Waals surface area contributed by atoms with Crippen LogP contribution in [0.25, 0.3) is 0 Å². The molecule has 1 saturated heterocycles. The van der Waals surface area contributed by atoms with E-state index in [1.165, 1.54) is 7.11 Å². The Labute approximate surface area is 82.4 Å². The van der Waals surface area contributed by atoms with E-state index in [4.69, 9.17) is 9.05 Å². The first-order chi connectivity index (χ1) is 6.73. The van der Waals surface area contributed by atoms with Gasteiger partial charge in [0.1, 0.15) is 6.10 Å². The highest BCUT2D eigenvalue weighted by molar-refractivity contribution is 7.48. The number of hydrogen-bond acceptors (Lipinski definition) is 4. The Morgan fingerprint density at radius 3 is 2.71 bits per heavy atom. The zero-order chi connectivity index (χ0) is 10.0. The molecule has 0 bridgehead atoms. The number of phosphoric acid groups is 1. The largest absolute Gasteiger partial charge is 0.475 e. The molecule has 1 aromatic rings. The van der Waals surface area contributed by atoms with Crippen molar-refractivity contribution in [3.8, 4) is 0 Å². The van der Waals surface area contributed by atoms with Crippen LogP contribution in [0.15, 0.2) is 30.3 Å². The first kappa shape index (κ1) is 9.87. The molecule has 1 fully saturated rings. The number of phosphoric ester groups is 1. The molecule has 0 saturated carbocycles. The summed E-state index contributed by atoms with van der Waals surface area (Å²) < 4.78 is 26.3. The van der Waals surface area contributed by atoms with Gasteiger partial charge in [-0.2, -0.15) is 0 Å². The summed E-state index contributed by atoms with van der Waals surface area (Å²) in [5, 5.41) is 0. The lowest BCUT2D eigenvalue weighted by molar-refractivity contribution is 0.198. The summed E-state index contributed by atoms with van der Waals surface area (Å²) in [5.74, 6) is 0. The van der Waals surface area contributed by atoms with E-state index in [-0.39, 0.29) is 12.7 Å². The highest BCUT2D eigenvalue weighted by Gasteiger charge is 2.38. The quantitative estimate of drug-likeness (QED) is 0.709. The minimum atomic E-state index is -3.27. The number of hydrogen-bond donors (Lipinski definition) is 0. The number of benzene rings is 1. The summed E-state index contributed by atoms with van der Waals surface area (Å²) in [7, 11) is -1.96. The van der Waals surface area contributed by atoms with Gasteiger partial charge in [-0.3, -0.25) is 13.6 Å². The molecule has 0 radical (unpaired) electrons. The van der Waals surface area contributed by atoms with E-state index in [2.05, 4.69) is 4.52 Å². The van der Waals surface area contributed by atoms with Gasteiger partial charge in [-0.1, -0.05) is 30.3 Å². The third kappa shape index (κ3) is 1.88. The summed E-state index contributed by atoms with van der Waals surface area (Å²) in [6.07, 6.45) is -0.290. The number of rotatable bonds is 2. The first-order valence-corrected chi connectivity index (χ1v) is 5.73. The zero-order valence-corrected chi connectivity index (χ0v) is 8.65. The lowest BCUT2D eigenvalue weighted by Gasteiger charge is -2.08. The normalized spacial score (nSPS) is 31.9. The molecule has 5 heteroatoms. The van der Waals surface area contributed by atoms with Gasteiger partial charge in [-0.05, 0) is 5.56 Å². The van der Waals surface area contributed by atoms with Crippen molar-refractivity contribution in [1.29, 1.82) is 0 Å². The van der Waals surface area contributed by atoms with Crippen molar-refractivity contribution in [2.75, 3.05) is 13.7 Å². The topological polar surface area (TPSA) is 44.8 Å². The van der Waals surface area contributed by atoms with Crippen LogP contribution in [0, 0.1) is 0 Å². The Bertz CT molecular complexity index is 351. The predicted molar refractivity (Wildman–Crippen MR) is 50.8 cm³/mol. The summed E-state index contributed by atoms with van der Waals surface area (Å²) in [6.45, 7) is 0.273. The Kier molecular flexibility index (Phi) is 2.70. The third-order valence-corrected chi connectivity index (χ3v) is 3.46. The van der Waals surface area contributed by atoms with E-state index in [1.807, 2.05) is 30.3 Å². The van der Waals surface area contributed by atoms with Gasteiger partial charge in [0.25, 0.3) is 0 Å². The van der Waals surface area contributed by atoms with Crippen LogP contribution < -0.4 is 0 Å². The summed E-state index contributed by atoms with van der Waals surface area (Å²) in [4.78, 5) is 0. The minimum absolute atomic E-state index is 0.273. The Balaban J connectivity index is 2.14. The molecule has 1 heterocycles. The highest BCUT2D eigenvalue weighted by atomic mass is 31.2. The van der Waals surface area contributed by atoms with Crippen molar-refractivity contribution in [2.45, 2.75) is 6.10 Å². The average molecular weight is 214 g/mol. The maximum Gasteiger partial charge on any atom is 0.475 e. The SMILES string of the molecule is COP1(=O)OCC(c2ccccc2)O1. The van der Waals surface area contributed by atoms with E-state index in [0.29, 0.717) is 0 Å². The van der Waals surface area contributed by atoms with Crippen molar-refractivity contribution < 1.29 is 18.1 Å². The minimum Gasteiger partial charge on any atom is -0.290 e. The molecule has 2 atom stereocenters. The fraction of sp³-hybridized carbons (Fsp3) is 0.333. The smallest absolute Gasteiger partial charge is 0.290 e. The third-order valence-electron chi connectivity index (χ3n) is 2.04. The first-order valence-electron chi connectivity index (χ1n) is 4.27. The van der Waals surface area contributed by atoms with E-state index in [9.17, 15) is 4.57 Å². The molecular formula is C9H11O4P. The maximum absolute atomic E-state index is 11.5.